The van der Waals surface area contributed by atoms with E-state index < -0.39 is 0 Å². The van der Waals surface area contributed by atoms with E-state index in [2.05, 4.69) is 0 Å². The van der Waals surface area contributed by atoms with Crippen molar-refractivity contribution >= 4 is 22.5 Å². The van der Waals surface area contributed by atoms with Crippen LogP contribution in [0.15, 0.2) is 42.5 Å². The maximum Gasteiger partial charge on any atom is 0.222 e. The van der Waals surface area contributed by atoms with Crippen molar-refractivity contribution in [2.45, 2.75) is 33.1 Å². The third kappa shape index (κ3) is 4.49. The molecule has 0 N–H and O–H groups in total. The minimum absolute atomic E-state index is 0.111. The van der Waals surface area contributed by atoms with E-state index in [1.54, 1.807) is 19.1 Å². The standard InChI is InChI=1S/C26H30N4O3/c1-17-20(18(2)30-26(27-17)21-8-6-7-9-22(21)28-30)11-13-25(31)29(3)15-14-19-10-12-23(32-4)24(16-19)33-5/h6-10,12,16H,11,13-15H2,1-5H3. The first kappa shape index (κ1) is 22.6. The number of amides is 1. The summed E-state index contributed by atoms with van der Waals surface area (Å²) in [6, 6.07) is 13.9. The van der Waals surface area contributed by atoms with Crippen molar-refractivity contribution in [2.75, 3.05) is 27.8 Å². The fraction of sp³-hybridized carbons (Fsp3) is 0.346. The molecular formula is C26H30N4O3. The molecule has 2 heterocycles. The Morgan fingerprint density at radius 1 is 1.03 bits per heavy atom. The zero-order chi connectivity index (χ0) is 23.5. The van der Waals surface area contributed by atoms with E-state index >= 15 is 0 Å². The van der Waals surface area contributed by atoms with Crippen LogP contribution in [0.1, 0.15) is 28.9 Å². The van der Waals surface area contributed by atoms with Crippen molar-refractivity contribution in [1.82, 2.24) is 19.5 Å². The Kier molecular flexibility index (Phi) is 6.49. The first-order chi connectivity index (χ1) is 15.9. The number of methoxy groups -OCH3 is 2. The number of carbonyl (C=O) groups excluding carboxylic acids is 1. The van der Waals surface area contributed by atoms with E-state index in [-0.39, 0.29) is 5.91 Å². The lowest BCUT2D eigenvalue weighted by atomic mass is 10.1. The third-order valence-corrected chi connectivity index (χ3v) is 6.22. The average molecular weight is 447 g/mol. The van der Waals surface area contributed by atoms with Gasteiger partial charge in [0.25, 0.3) is 0 Å². The maximum atomic E-state index is 12.8. The van der Waals surface area contributed by atoms with Crippen LogP contribution >= 0.6 is 0 Å². The molecular weight excluding hydrogens is 416 g/mol. The van der Waals surface area contributed by atoms with Crippen LogP contribution in [0.25, 0.3) is 16.6 Å². The molecule has 2 aromatic heterocycles. The van der Waals surface area contributed by atoms with Gasteiger partial charge >= 0.3 is 0 Å². The lowest BCUT2D eigenvalue weighted by molar-refractivity contribution is -0.129. The number of nitrogens with zero attached hydrogens (tertiary/aromatic N) is 4. The molecule has 7 heteroatoms. The van der Waals surface area contributed by atoms with E-state index in [1.807, 2.05) is 67.9 Å². The second-order valence-electron chi connectivity index (χ2n) is 8.27. The number of aromatic nitrogens is 3. The molecule has 0 spiro atoms. The predicted molar refractivity (Wildman–Crippen MR) is 129 cm³/mol. The van der Waals surface area contributed by atoms with Crippen LogP contribution in [0.2, 0.25) is 0 Å². The number of fused-ring (bicyclic) bond motifs is 3. The molecule has 0 saturated carbocycles. The minimum atomic E-state index is 0.111. The summed E-state index contributed by atoms with van der Waals surface area (Å²) < 4.78 is 12.6. The van der Waals surface area contributed by atoms with E-state index in [0.717, 1.165) is 45.5 Å². The number of likely N-dealkylation sites (N-methyl/N-ethyl adjacent to an activating group) is 1. The van der Waals surface area contributed by atoms with Gasteiger partial charge < -0.3 is 14.4 Å². The molecule has 33 heavy (non-hydrogen) atoms. The Balaban J connectivity index is 1.42. The topological polar surface area (TPSA) is 69.0 Å². The Labute approximate surface area is 193 Å². The van der Waals surface area contributed by atoms with Crippen molar-refractivity contribution in [2.24, 2.45) is 0 Å². The van der Waals surface area contributed by atoms with Crippen molar-refractivity contribution in [1.29, 1.82) is 0 Å². The average Bonchev–Trinajstić information content (AvgIpc) is 3.20. The summed E-state index contributed by atoms with van der Waals surface area (Å²) in [5, 5.41) is 5.75. The van der Waals surface area contributed by atoms with Crippen LogP contribution in [0.3, 0.4) is 0 Å². The van der Waals surface area contributed by atoms with E-state index in [9.17, 15) is 4.79 Å². The molecule has 0 aliphatic rings. The molecule has 4 aromatic rings. The second kappa shape index (κ2) is 9.48. The molecule has 0 bridgehead atoms. The quantitative estimate of drug-likeness (QED) is 0.407. The monoisotopic (exact) mass is 446 g/mol. The van der Waals surface area contributed by atoms with Crippen molar-refractivity contribution in [3.63, 3.8) is 0 Å². The smallest absolute Gasteiger partial charge is 0.222 e. The molecule has 172 valence electrons. The highest BCUT2D eigenvalue weighted by molar-refractivity contribution is 5.92. The van der Waals surface area contributed by atoms with Crippen LogP contribution < -0.4 is 9.47 Å². The lowest BCUT2D eigenvalue weighted by Crippen LogP contribution is -2.29. The Morgan fingerprint density at radius 3 is 2.55 bits per heavy atom. The van der Waals surface area contributed by atoms with Crippen molar-refractivity contribution in [3.05, 3.63) is 65.0 Å². The van der Waals surface area contributed by atoms with Crippen LogP contribution in [0, 0.1) is 13.8 Å². The SMILES string of the molecule is COc1ccc(CCN(C)C(=O)CCc2c(C)nc3c4ccccc4nn3c2C)cc1OC. The minimum Gasteiger partial charge on any atom is -0.493 e. The first-order valence-electron chi connectivity index (χ1n) is 11.1. The molecule has 0 fully saturated rings. The van der Waals surface area contributed by atoms with Gasteiger partial charge in [-0.05, 0) is 62.1 Å². The molecule has 7 nitrogen and oxygen atoms in total. The zero-order valence-electron chi connectivity index (χ0n) is 19.9. The first-order valence-corrected chi connectivity index (χ1v) is 11.1. The van der Waals surface area contributed by atoms with Gasteiger partial charge in [-0.3, -0.25) is 4.79 Å². The fourth-order valence-electron chi connectivity index (χ4n) is 4.22. The third-order valence-electron chi connectivity index (χ3n) is 6.22. The van der Waals surface area contributed by atoms with E-state index in [0.29, 0.717) is 30.9 Å². The largest absolute Gasteiger partial charge is 0.493 e. The number of carbonyl (C=O) groups is 1. The highest BCUT2D eigenvalue weighted by Gasteiger charge is 2.16. The maximum absolute atomic E-state index is 12.8. The normalized spacial score (nSPS) is 11.2. The number of ether oxygens (including phenoxy) is 2. The zero-order valence-corrected chi connectivity index (χ0v) is 19.9. The molecule has 2 aromatic carbocycles. The lowest BCUT2D eigenvalue weighted by Gasteiger charge is -2.18. The number of aryl methyl sites for hydroxylation is 2. The second-order valence-corrected chi connectivity index (χ2v) is 8.27. The predicted octanol–water partition coefficient (Wildman–Crippen LogP) is 4.15. The molecule has 0 unspecified atom stereocenters. The van der Waals surface area contributed by atoms with E-state index in [1.165, 1.54) is 0 Å². The van der Waals surface area contributed by atoms with Crippen LogP contribution in [0.4, 0.5) is 0 Å². The molecule has 0 atom stereocenters. The van der Waals surface area contributed by atoms with E-state index in [4.69, 9.17) is 19.6 Å². The van der Waals surface area contributed by atoms with Gasteiger partial charge in [-0.15, -0.1) is 0 Å². The Morgan fingerprint density at radius 2 is 1.79 bits per heavy atom. The van der Waals surface area contributed by atoms with Crippen molar-refractivity contribution < 1.29 is 14.3 Å². The van der Waals surface area contributed by atoms with Gasteiger partial charge in [0.15, 0.2) is 17.1 Å². The molecule has 4 rings (SSSR count). The summed E-state index contributed by atoms with van der Waals surface area (Å²) in [6.07, 6.45) is 1.81. The van der Waals surface area contributed by atoms with Gasteiger partial charge in [-0.2, -0.15) is 5.10 Å². The number of hydrogen-bond acceptors (Lipinski definition) is 5. The highest BCUT2D eigenvalue weighted by Crippen LogP contribution is 2.28. The summed E-state index contributed by atoms with van der Waals surface area (Å²) in [7, 11) is 5.10. The molecule has 0 aliphatic heterocycles. The summed E-state index contributed by atoms with van der Waals surface area (Å²) in [5.74, 6) is 1.51. The van der Waals surface area contributed by atoms with Gasteiger partial charge in [-0.1, -0.05) is 18.2 Å². The van der Waals surface area contributed by atoms with Crippen LogP contribution in [-0.2, 0) is 17.6 Å². The summed E-state index contributed by atoms with van der Waals surface area (Å²) in [5.41, 5.74) is 5.95. The summed E-state index contributed by atoms with van der Waals surface area (Å²) >= 11 is 0. The van der Waals surface area contributed by atoms with Gasteiger partial charge in [0.1, 0.15) is 0 Å². The molecule has 0 saturated heterocycles. The van der Waals surface area contributed by atoms with Crippen molar-refractivity contribution in [3.8, 4) is 11.5 Å². The molecule has 1 amide bonds. The molecule has 0 radical (unpaired) electrons. The summed E-state index contributed by atoms with van der Waals surface area (Å²) in [6.45, 7) is 4.69. The Bertz CT molecular complexity index is 1310. The number of hydrogen-bond donors (Lipinski definition) is 0. The van der Waals surface area contributed by atoms with Gasteiger partial charge in [-0.25, -0.2) is 9.50 Å². The van der Waals surface area contributed by atoms with Crippen LogP contribution in [-0.4, -0.2) is 53.2 Å². The number of rotatable bonds is 8. The fourth-order valence-corrected chi connectivity index (χ4v) is 4.22. The van der Waals surface area contributed by atoms with Crippen LogP contribution in [0.5, 0.6) is 11.5 Å². The highest BCUT2D eigenvalue weighted by atomic mass is 16.5. The Hall–Kier alpha value is -3.61. The summed E-state index contributed by atoms with van der Waals surface area (Å²) in [4.78, 5) is 19.4. The number of benzene rings is 2. The van der Waals surface area contributed by atoms with Gasteiger partial charge in [0.05, 0.1) is 19.7 Å². The van der Waals surface area contributed by atoms with Gasteiger partial charge in [0, 0.05) is 36.8 Å². The molecule has 0 aliphatic carbocycles. The van der Waals surface area contributed by atoms with Gasteiger partial charge in [0.2, 0.25) is 5.91 Å².